The zero-order valence-corrected chi connectivity index (χ0v) is 15.0. The van der Waals surface area contributed by atoms with Crippen LogP contribution in [0, 0.1) is 0 Å². The molecule has 132 valence electrons. The summed E-state index contributed by atoms with van der Waals surface area (Å²) in [5, 5.41) is 3.22. The van der Waals surface area contributed by atoms with Crippen molar-refractivity contribution in [3.05, 3.63) is 46.6 Å². The Morgan fingerprint density at radius 1 is 1.28 bits per heavy atom. The summed E-state index contributed by atoms with van der Waals surface area (Å²) in [7, 11) is 0. The van der Waals surface area contributed by atoms with Crippen LogP contribution in [0.5, 0.6) is 17.4 Å². The number of nitrogens with one attached hydrogen (secondary N) is 1. The molecule has 7 heteroatoms. The lowest BCUT2D eigenvalue weighted by atomic mass is 9.93. The van der Waals surface area contributed by atoms with Gasteiger partial charge in [0.2, 0.25) is 12.7 Å². The van der Waals surface area contributed by atoms with Gasteiger partial charge in [-0.3, -0.25) is 4.79 Å². The molecule has 0 fully saturated rings. The van der Waals surface area contributed by atoms with Crippen molar-refractivity contribution in [2.24, 2.45) is 0 Å². The van der Waals surface area contributed by atoms with E-state index in [2.05, 4.69) is 10.3 Å². The molecule has 1 N–H and O–H groups in total. The molecule has 2 heterocycles. The Kier molecular flexibility index (Phi) is 4.72. The van der Waals surface area contributed by atoms with Crippen LogP contribution >= 0.6 is 11.6 Å². The summed E-state index contributed by atoms with van der Waals surface area (Å²) in [6.45, 7) is 6.29. The molecule has 0 spiro atoms. The Hall–Kier alpha value is -2.47. The summed E-state index contributed by atoms with van der Waals surface area (Å²) in [5.41, 5.74) is 0.341. The Balaban J connectivity index is 1.83. The highest BCUT2D eigenvalue weighted by Gasteiger charge is 2.27. The first-order valence-electron chi connectivity index (χ1n) is 7.92. The summed E-state index contributed by atoms with van der Waals surface area (Å²) in [6.07, 6.45) is 0. The third-order valence-electron chi connectivity index (χ3n) is 3.85. The Morgan fingerprint density at radius 3 is 2.80 bits per heavy atom. The fraction of sp³-hybridized carbons (Fsp3) is 0.333. The minimum atomic E-state index is -0.662. The molecule has 0 saturated carbocycles. The SMILES string of the molecule is CCOc1ccc(Cl)c(C(=O)NC(C)(C)c2ccc3c(c2)OCO3)n1. The molecule has 3 rings (SSSR count). The third kappa shape index (κ3) is 3.64. The molecule has 25 heavy (non-hydrogen) atoms. The lowest BCUT2D eigenvalue weighted by Gasteiger charge is -2.27. The van der Waals surface area contributed by atoms with Gasteiger partial charge >= 0.3 is 0 Å². The predicted molar refractivity (Wildman–Crippen MR) is 93.5 cm³/mol. The van der Waals surface area contributed by atoms with Crippen molar-refractivity contribution < 1.29 is 19.0 Å². The maximum Gasteiger partial charge on any atom is 0.272 e. The van der Waals surface area contributed by atoms with Gasteiger partial charge in [-0.05, 0) is 44.5 Å². The topological polar surface area (TPSA) is 69.7 Å². The number of nitrogens with zero attached hydrogens (tertiary/aromatic N) is 1. The van der Waals surface area contributed by atoms with Crippen LogP contribution in [-0.4, -0.2) is 24.3 Å². The first-order chi connectivity index (χ1) is 11.9. The number of aromatic nitrogens is 1. The van der Waals surface area contributed by atoms with Crippen LogP contribution in [0.1, 0.15) is 36.8 Å². The van der Waals surface area contributed by atoms with Crippen molar-refractivity contribution in [3.63, 3.8) is 0 Å². The fourth-order valence-electron chi connectivity index (χ4n) is 2.51. The van der Waals surface area contributed by atoms with Crippen molar-refractivity contribution in [2.45, 2.75) is 26.3 Å². The molecule has 0 saturated heterocycles. The van der Waals surface area contributed by atoms with Crippen LogP contribution in [0.15, 0.2) is 30.3 Å². The van der Waals surface area contributed by atoms with Crippen molar-refractivity contribution in [2.75, 3.05) is 13.4 Å². The Morgan fingerprint density at radius 2 is 2.04 bits per heavy atom. The van der Waals surface area contributed by atoms with Gasteiger partial charge in [0.25, 0.3) is 5.91 Å². The van der Waals surface area contributed by atoms with E-state index in [-0.39, 0.29) is 23.4 Å². The molecule has 0 unspecified atom stereocenters. The number of benzene rings is 1. The van der Waals surface area contributed by atoms with Gasteiger partial charge in [-0.25, -0.2) is 4.98 Å². The summed E-state index contributed by atoms with van der Waals surface area (Å²) in [4.78, 5) is 16.9. The zero-order chi connectivity index (χ0) is 18.0. The second-order valence-electron chi connectivity index (χ2n) is 6.06. The maximum absolute atomic E-state index is 12.7. The summed E-state index contributed by atoms with van der Waals surface area (Å²) < 4.78 is 16.1. The second-order valence-corrected chi connectivity index (χ2v) is 6.47. The standard InChI is InChI=1S/C18H19ClN2O4/c1-4-23-15-8-6-12(19)16(20-15)17(22)21-18(2,3)11-5-7-13-14(9-11)25-10-24-13/h5-9H,4,10H2,1-3H3,(H,21,22). The lowest BCUT2D eigenvalue weighted by molar-refractivity contribution is 0.0905. The molecule has 1 aromatic carbocycles. The first-order valence-corrected chi connectivity index (χ1v) is 8.30. The van der Waals surface area contributed by atoms with Gasteiger partial charge in [-0.1, -0.05) is 17.7 Å². The molecule has 0 bridgehead atoms. The number of hydrogen-bond donors (Lipinski definition) is 1. The van der Waals surface area contributed by atoms with E-state index in [1.807, 2.05) is 39.0 Å². The smallest absolute Gasteiger partial charge is 0.272 e. The number of carbonyl (C=O) groups excluding carboxylic acids is 1. The van der Waals surface area contributed by atoms with Crippen LogP contribution in [0.3, 0.4) is 0 Å². The highest BCUT2D eigenvalue weighted by atomic mass is 35.5. The van der Waals surface area contributed by atoms with Crippen molar-refractivity contribution >= 4 is 17.5 Å². The van der Waals surface area contributed by atoms with E-state index in [4.69, 9.17) is 25.8 Å². The van der Waals surface area contributed by atoms with Gasteiger partial charge in [0, 0.05) is 6.07 Å². The van der Waals surface area contributed by atoms with Crippen LogP contribution in [-0.2, 0) is 5.54 Å². The zero-order valence-electron chi connectivity index (χ0n) is 14.3. The number of ether oxygens (including phenoxy) is 3. The molecule has 0 atom stereocenters. The molecule has 1 amide bonds. The van der Waals surface area contributed by atoms with E-state index in [1.165, 1.54) is 0 Å². The number of amides is 1. The number of pyridine rings is 1. The van der Waals surface area contributed by atoms with E-state index in [9.17, 15) is 4.79 Å². The van der Waals surface area contributed by atoms with Crippen molar-refractivity contribution in [1.29, 1.82) is 0 Å². The largest absolute Gasteiger partial charge is 0.478 e. The highest BCUT2D eigenvalue weighted by Crippen LogP contribution is 2.35. The summed E-state index contributed by atoms with van der Waals surface area (Å²) in [5.74, 6) is 1.33. The second kappa shape index (κ2) is 6.80. The quantitative estimate of drug-likeness (QED) is 0.881. The monoisotopic (exact) mass is 362 g/mol. The number of hydrogen-bond acceptors (Lipinski definition) is 5. The van der Waals surface area contributed by atoms with E-state index in [1.54, 1.807) is 12.1 Å². The van der Waals surface area contributed by atoms with Crippen LogP contribution in [0.2, 0.25) is 5.02 Å². The molecule has 2 aromatic rings. The molecule has 1 aliphatic rings. The van der Waals surface area contributed by atoms with E-state index in [0.29, 0.717) is 24.0 Å². The predicted octanol–water partition coefficient (Wildman–Crippen LogP) is 3.53. The average molecular weight is 363 g/mol. The molecular weight excluding hydrogens is 344 g/mol. The van der Waals surface area contributed by atoms with Gasteiger partial charge in [0.05, 0.1) is 17.2 Å². The first kappa shape index (κ1) is 17.4. The van der Waals surface area contributed by atoms with Crippen LogP contribution in [0.4, 0.5) is 0 Å². The van der Waals surface area contributed by atoms with Gasteiger partial charge in [0.1, 0.15) is 0 Å². The minimum Gasteiger partial charge on any atom is -0.478 e. The lowest BCUT2D eigenvalue weighted by Crippen LogP contribution is -2.41. The molecule has 0 radical (unpaired) electrons. The molecular formula is C18H19ClN2O4. The summed E-state index contributed by atoms with van der Waals surface area (Å²) in [6, 6.07) is 8.80. The van der Waals surface area contributed by atoms with Crippen LogP contribution in [0.25, 0.3) is 0 Å². The van der Waals surface area contributed by atoms with Gasteiger partial charge < -0.3 is 19.5 Å². The number of rotatable bonds is 5. The molecule has 6 nitrogen and oxygen atoms in total. The van der Waals surface area contributed by atoms with E-state index < -0.39 is 5.54 Å². The van der Waals surface area contributed by atoms with Gasteiger partial charge in [-0.15, -0.1) is 0 Å². The number of carbonyl (C=O) groups is 1. The highest BCUT2D eigenvalue weighted by molar-refractivity contribution is 6.33. The fourth-order valence-corrected chi connectivity index (χ4v) is 2.70. The van der Waals surface area contributed by atoms with E-state index in [0.717, 1.165) is 5.56 Å². The maximum atomic E-state index is 12.7. The van der Waals surface area contributed by atoms with E-state index >= 15 is 0 Å². The van der Waals surface area contributed by atoms with Gasteiger partial charge in [-0.2, -0.15) is 0 Å². The average Bonchev–Trinajstić information content (AvgIpc) is 3.04. The third-order valence-corrected chi connectivity index (χ3v) is 4.15. The summed E-state index contributed by atoms with van der Waals surface area (Å²) >= 11 is 6.13. The Labute approximate surface area is 151 Å². The van der Waals surface area contributed by atoms with Crippen molar-refractivity contribution in [1.82, 2.24) is 10.3 Å². The van der Waals surface area contributed by atoms with Crippen molar-refractivity contribution in [3.8, 4) is 17.4 Å². The number of halogens is 1. The number of fused-ring (bicyclic) bond motifs is 1. The minimum absolute atomic E-state index is 0.126. The normalized spacial score (nSPS) is 12.8. The molecule has 1 aromatic heterocycles. The van der Waals surface area contributed by atoms with Crippen LogP contribution < -0.4 is 19.5 Å². The molecule has 0 aliphatic carbocycles. The molecule has 1 aliphatic heterocycles. The Bertz CT molecular complexity index is 808. The van der Waals surface area contributed by atoms with Gasteiger partial charge in [0.15, 0.2) is 17.2 Å².